The molecule has 2 atom stereocenters. The number of piperazine rings is 1. The van der Waals surface area contributed by atoms with Gasteiger partial charge in [-0.15, -0.1) is 0 Å². The van der Waals surface area contributed by atoms with E-state index in [2.05, 4.69) is 26.9 Å². The molecule has 0 aromatic carbocycles. The van der Waals surface area contributed by atoms with Gasteiger partial charge in [-0.25, -0.2) is 0 Å². The Balaban J connectivity index is 1.27. The Kier molecular flexibility index (Phi) is 4.16. The third kappa shape index (κ3) is 3.50. The number of ether oxygens (including phenoxy) is 1. The Morgan fingerprint density at radius 2 is 2.14 bits per heavy atom. The molecule has 2 aliphatic heterocycles. The molecule has 0 radical (unpaired) electrons. The topological polar surface area (TPSA) is 28.6 Å². The summed E-state index contributed by atoms with van der Waals surface area (Å²) in [6.45, 7) is 8.85. The number of nitrogens with zero attached hydrogens (tertiary/aromatic N) is 3. The monoisotopic (exact) mass is 301 g/mol. The number of rotatable bonds is 5. The molecule has 0 unspecified atom stereocenters. The van der Waals surface area contributed by atoms with Crippen molar-refractivity contribution in [1.29, 1.82) is 0 Å². The maximum atomic E-state index is 6.14. The van der Waals surface area contributed by atoms with E-state index in [4.69, 9.17) is 4.74 Å². The van der Waals surface area contributed by atoms with E-state index in [1.54, 1.807) is 0 Å². The van der Waals surface area contributed by atoms with Crippen LogP contribution in [0.2, 0.25) is 0 Å². The van der Waals surface area contributed by atoms with Gasteiger partial charge in [-0.2, -0.15) is 0 Å². The smallest absolute Gasteiger partial charge is 0.0892 e. The van der Waals surface area contributed by atoms with E-state index in [0.29, 0.717) is 18.8 Å². The molecule has 0 spiro atoms. The molecule has 120 valence electrons. The van der Waals surface area contributed by atoms with Crippen molar-refractivity contribution >= 4 is 0 Å². The van der Waals surface area contributed by atoms with Gasteiger partial charge in [0.25, 0.3) is 0 Å². The normalized spacial score (nSPS) is 29.7. The van der Waals surface area contributed by atoms with E-state index in [0.717, 1.165) is 23.9 Å². The third-order valence-corrected chi connectivity index (χ3v) is 5.29. The first-order valence-corrected chi connectivity index (χ1v) is 8.77. The van der Waals surface area contributed by atoms with Gasteiger partial charge in [0, 0.05) is 44.5 Å². The molecule has 1 aliphatic carbocycles. The minimum absolute atomic E-state index is 0.383. The average Bonchev–Trinajstić information content (AvgIpc) is 3.22. The van der Waals surface area contributed by atoms with E-state index >= 15 is 0 Å². The van der Waals surface area contributed by atoms with Crippen LogP contribution in [0.25, 0.3) is 0 Å². The predicted molar refractivity (Wildman–Crippen MR) is 86.7 cm³/mol. The van der Waals surface area contributed by atoms with Crippen molar-refractivity contribution in [3.05, 3.63) is 29.6 Å². The highest BCUT2D eigenvalue weighted by molar-refractivity contribution is 5.09. The molecule has 3 aliphatic rings. The lowest BCUT2D eigenvalue weighted by Gasteiger charge is -2.37. The second-order valence-corrected chi connectivity index (χ2v) is 7.29. The lowest BCUT2D eigenvalue weighted by atomic mass is 10.1. The van der Waals surface area contributed by atoms with E-state index in [1.807, 2.05) is 13.0 Å². The molecule has 1 saturated carbocycles. The number of aryl methyl sites for hydroxylation is 1. The minimum Gasteiger partial charge on any atom is -0.371 e. The zero-order valence-corrected chi connectivity index (χ0v) is 13.6. The fourth-order valence-electron chi connectivity index (χ4n) is 3.90. The SMILES string of the molecule is Cc1cccc(CO[C@H]2C[C@H]3CN(CC4CC4)CCN3C2)n1. The molecule has 1 aromatic rings. The fraction of sp³-hybridized carbons (Fsp3) is 0.722. The van der Waals surface area contributed by atoms with Gasteiger partial charge in [0.15, 0.2) is 0 Å². The Labute approximate surface area is 133 Å². The standard InChI is InChI=1S/C18H27N3O/c1-14-3-2-4-16(19-14)13-22-18-9-17-11-20(10-15-5-6-15)7-8-21(17)12-18/h2-4,15,17-18H,5-13H2,1H3/t17-,18-/m0/s1. The molecule has 4 rings (SSSR count). The molecule has 3 heterocycles. The summed E-state index contributed by atoms with van der Waals surface area (Å²) < 4.78 is 6.14. The summed E-state index contributed by atoms with van der Waals surface area (Å²) >= 11 is 0. The number of hydrogen-bond acceptors (Lipinski definition) is 4. The first-order valence-electron chi connectivity index (χ1n) is 8.77. The van der Waals surface area contributed by atoms with Crippen molar-refractivity contribution < 1.29 is 4.74 Å². The first-order chi connectivity index (χ1) is 10.8. The molecule has 2 saturated heterocycles. The van der Waals surface area contributed by atoms with Crippen LogP contribution in [0.15, 0.2) is 18.2 Å². The maximum absolute atomic E-state index is 6.14. The highest BCUT2D eigenvalue weighted by Crippen LogP contribution is 2.32. The molecule has 4 nitrogen and oxygen atoms in total. The first kappa shape index (κ1) is 14.6. The van der Waals surface area contributed by atoms with Crippen LogP contribution in [0.3, 0.4) is 0 Å². The van der Waals surface area contributed by atoms with Crippen molar-refractivity contribution in [2.45, 2.75) is 44.9 Å². The summed E-state index contributed by atoms with van der Waals surface area (Å²) in [5.41, 5.74) is 2.13. The van der Waals surface area contributed by atoms with Crippen LogP contribution in [0.4, 0.5) is 0 Å². The number of hydrogen-bond donors (Lipinski definition) is 0. The van der Waals surface area contributed by atoms with Gasteiger partial charge < -0.3 is 9.64 Å². The molecular formula is C18H27N3O. The lowest BCUT2D eigenvalue weighted by molar-refractivity contribution is 0.0440. The summed E-state index contributed by atoms with van der Waals surface area (Å²) in [6, 6.07) is 6.87. The van der Waals surface area contributed by atoms with Crippen LogP contribution in [0.1, 0.15) is 30.7 Å². The van der Waals surface area contributed by atoms with Gasteiger partial charge in [0.05, 0.1) is 18.4 Å². The van der Waals surface area contributed by atoms with Crippen molar-refractivity contribution in [3.63, 3.8) is 0 Å². The zero-order chi connectivity index (χ0) is 14.9. The highest BCUT2D eigenvalue weighted by Gasteiger charge is 2.37. The number of pyridine rings is 1. The summed E-state index contributed by atoms with van der Waals surface area (Å²) in [6.07, 6.45) is 4.49. The number of aromatic nitrogens is 1. The van der Waals surface area contributed by atoms with Gasteiger partial charge in [0.2, 0.25) is 0 Å². The molecule has 1 aromatic heterocycles. The second-order valence-electron chi connectivity index (χ2n) is 7.29. The Morgan fingerprint density at radius 3 is 2.95 bits per heavy atom. The fourth-order valence-corrected chi connectivity index (χ4v) is 3.90. The van der Waals surface area contributed by atoms with Crippen LogP contribution in [-0.4, -0.2) is 59.7 Å². The molecule has 3 fully saturated rings. The van der Waals surface area contributed by atoms with Crippen LogP contribution in [0.5, 0.6) is 0 Å². The highest BCUT2D eigenvalue weighted by atomic mass is 16.5. The molecule has 22 heavy (non-hydrogen) atoms. The summed E-state index contributed by atoms with van der Waals surface area (Å²) in [7, 11) is 0. The van der Waals surface area contributed by atoms with E-state index in [-0.39, 0.29) is 0 Å². The Bertz CT molecular complexity index is 517. The molecule has 0 bridgehead atoms. The summed E-state index contributed by atoms with van der Waals surface area (Å²) in [5, 5.41) is 0. The predicted octanol–water partition coefficient (Wildman–Crippen LogP) is 2.08. The molecule has 0 amide bonds. The van der Waals surface area contributed by atoms with Crippen LogP contribution < -0.4 is 0 Å². The summed E-state index contributed by atoms with van der Waals surface area (Å²) in [4.78, 5) is 9.85. The van der Waals surface area contributed by atoms with E-state index in [9.17, 15) is 0 Å². The average molecular weight is 301 g/mol. The summed E-state index contributed by atoms with van der Waals surface area (Å²) in [5.74, 6) is 1.01. The van der Waals surface area contributed by atoms with Crippen molar-refractivity contribution in [3.8, 4) is 0 Å². The van der Waals surface area contributed by atoms with E-state index < -0.39 is 0 Å². The quantitative estimate of drug-likeness (QED) is 0.832. The zero-order valence-electron chi connectivity index (χ0n) is 13.6. The van der Waals surface area contributed by atoms with Gasteiger partial charge in [-0.05, 0) is 44.2 Å². The maximum Gasteiger partial charge on any atom is 0.0892 e. The van der Waals surface area contributed by atoms with Crippen LogP contribution in [-0.2, 0) is 11.3 Å². The van der Waals surface area contributed by atoms with Crippen molar-refractivity contribution in [1.82, 2.24) is 14.8 Å². The van der Waals surface area contributed by atoms with Gasteiger partial charge in [-0.3, -0.25) is 9.88 Å². The lowest BCUT2D eigenvalue weighted by Crippen LogP contribution is -2.50. The Hall–Kier alpha value is -0.970. The van der Waals surface area contributed by atoms with Crippen LogP contribution >= 0.6 is 0 Å². The van der Waals surface area contributed by atoms with Crippen molar-refractivity contribution in [2.24, 2.45) is 5.92 Å². The number of fused-ring (bicyclic) bond motifs is 1. The molecule has 4 heteroatoms. The third-order valence-electron chi connectivity index (χ3n) is 5.29. The molecule has 0 N–H and O–H groups in total. The minimum atomic E-state index is 0.383. The van der Waals surface area contributed by atoms with Gasteiger partial charge in [0.1, 0.15) is 0 Å². The van der Waals surface area contributed by atoms with Crippen molar-refractivity contribution in [2.75, 3.05) is 32.7 Å². The largest absolute Gasteiger partial charge is 0.371 e. The van der Waals surface area contributed by atoms with E-state index in [1.165, 1.54) is 45.4 Å². The second kappa shape index (κ2) is 6.26. The molecular weight excluding hydrogens is 274 g/mol. The Morgan fingerprint density at radius 1 is 1.23 bits per heavy atom. The van der Waals surface area contributed by atoms with Crippen LogP contribution in [0, 0.1) is 12.8 Å². The van der Waals surface area contributed by atoms with Gasteiger partial charge >= 0.3 is 0 Å². The van der Waals surface area contributed by atoms with Gasteiger partial charge in [-0.1, -0.05) is 6.07 Å².